The average Bonchev–Trinajstić information content (AvgIpc) is 2.51. The first-order valence-electron chi connectivity index (χ1n) is 6.18. The van der Waals surface area contributed by atoms with Gasteiger partial charge in [-0.3, -0.25) is 4.79 Å². The molecule has 2 rings (SSSR count). The summed E-state index contributed by atoms with van der Waals surface area (Å²) < 4.78 is 0.958. The molecule has 0 aromatic heterocycles. The van der Waals surface area contributed by atoms with Crippen LogP contribution < -0.4 is 10.6 Å². The molecule has 0 atom stereocenters. The molecular weight excluding hydrogens is 330 g/mol. The minimum Gasteiger partial charge on any atom is -0.360 e. The first kappa shape index (κ1) is 14.8. The fourth-order valence-corrected chi connectivity index (χ4v) is 1.83. The van der Waals surface area contributed by atoms with E-state index in [4.69, 9.17) is 5.26 Å². The van der Waals surface area contributed by atoms with Gasteiger partial charge >= 0.3 is 0 Å². The number of hydrogen-bond acceptors (Lipinski definition) is 3. The van der Waals surface area contributed by atoms with E-state index in [1.54, 1.807) is 12.1 Å². The number of nitriles is 1. The lowest BCUT2D eigenvalue weighted by atomic mass is 10.2. The van der Waals surface area contributed by atoms with Crippen LogP contribution in [-0.4, -0.2) is 5.91 Å². The van der Waals surface area contributed by atoms with Crippen LogP contribution in [0.15, 0.2) is 70.8 Å². The Morgan fingerprint density at radius 1 is 1.05 bits per heavy atom. The van der Waals surface area contributed by atoms with Crippen LogP contribution in [0, 0.1) is 11.3 Å². The summed E-state index contributed by atoms with van der Waals surface area (Å²) in [4.78, 5) is 12.0. The summed E-state index contributed by atoms with van der Waals surface area (Å²) in [7, 11) is 0. The van der Waals surface area contributed by atoms with E-state index in [2.05, 4.69) is 26.6 Å². The predicted molar refractivity (Wildman–Crippen MR) is 86.5 cm³/mol. The van der Waals surface area contributed by atoms with Gasteiger partial charge in [0.15, 0.2) is 0 Å². The van der Waals surface area contributed by atoms with Gasteiger partial charge in [-0.25, -0.2) is 0 Å². The zero-order chi connectivity index (χ0) is 15.1. The summed E-state index contributed by atoms with van der Waals surface area (Å²) in [5.74, 6) is -0.451. The molecule has 2 aromatic rings. The lowest BCUT2D eigenvalue weighted by molar-refractivity contribution is -0.112. The van der Waals surface area contributed by atoms with Gasteiger partial charge in [-0.05, 0) is 36.4 Å². The summed E-state index contributed by atoms with van der Waals surface area (Å²) in [5.41, 5.74) is 1.44. The van der Waals surface area contributed by atoms with Gasteiger partial charge in [-0.2, -0.15) is 5.26 Å². The number of carbonyl (C=O) groups excluding carboxylic acids is 1. The van der Waals surface area contributed by atoms with Crippen LogP contribution in [0.4, 0.5) is 11.4 Å². The zero-order valence-electron chi connectivity index (χ0n) is 11.0. The normalized spacial score (nSPS) is 10.6. The van der Waals surface area contributed by atoms with Crippen molar-refractivity contribution in [3.8, 4) is 6.07 Å². The number of amides is 1. The number of carbonyl (C=O) groups is 1. The summed E-state index contributed by atoms with van der Waals surface area (Å²) in [5, 5.41) is 14.7. The molecular formula is C16H12BrN3O. The third-order valence-electron chi connectivity index (χ3n) is 2.62. The van der Waals surface area contributed by atoms with Crippen LogP contribution in [-0.2, 0) is 4.79 Å². The van der Waals surface area contributed by atoms with Gasteiger partial charge in [0.2, 0.25) is 0 Å². The third kappa shape index (κ3) is 4.48. The van der Waals surface area contributed by atoms with Crippen LogP contribution in [0.5, 0.6) is 0 Å². The molecule has 0 aliphatic rings. The SMILES string of the molecule is N#C/C(=C\Nc1ccc(Br)cc1)C(=O)Nc1ccccc1. The Morgan fingerprint density at radius 3 is 2.33 bits per heavy atom. The monoisotopic (exact) mass is 341 g/mol. The lowest BCUT2D eigenvalue weighted by Crippen LogP contribution is -2.14. The van der Waals surface area contributed by atoms with Gasteiger partial charge in [0.25, 0.3) is 5.91 Å². The molecule has 0 aliphatic carbocycles. The lowest BCUT2D eigenvalue weighted by Gasteiger charge is -2.05. The highest BCUT2D eigenvalue weighted by Gasteiger charge is 2.08. The van der Waals surface area contributed by atoms with E-state index < -0.39 is 5.91 Å². The van der Waals surface area contributed by atoms with Crippen molar-refractivity contribution in [2.45, 2.75) is 0 Å². The smallest absolute Gasteiger partial charge is 0.267 e. The maximum atomic E-state index is 12.0. The van der Waals surface area contributed by atoms with E-state index in [0.29, 0.717) is 5.69 Å². The maximum absolute atomic E-state index is 12.0. The Labute approximate surface area is 131 Å². The molecule has 0 fully saturated rings. The molecule has 0 heterocycles. The second-order valence-corrected chi connectivity index (χ2v) is 5.06. The minimum atomic E-state index is -0.451. The standard InChI is InChI=1S/C16H12BrN3O/c17-13-6-8-14(9-7-13)19-11-12(10-18)16(21)20-15-4-2-1-3-5-15/h1-9,11,19H,(H,20,21)/b12-11+. The summed E-state index contributed by atoms with van der Waals surface area (Å²) in [6.45, 7) is 0. The molecule has 0 spiro atoms. The van der Waals surface area contributed by atoms with Crippen LogP contribution in [0.25, 0.3) is 0 Å². The highest BCUT2D eigenvalue weighted by Crippen LogP contribution is 2.14. The third-order valence-corrected chi connectivity index (χ3v) is 3.15. The Bertz CT molecular complexity index is 688. The molecule has 2 aromatic carbocycles. The van der Waals surface area contributed by atoms with Gasteiger partial charge in [0.05, 0.1) is 0 Å². The van der Waals surface area contributed by atoms with Crippen LogP contribution in [0.1, 0.15) is 0 Å². The molecule has 0 saturated carbocycles. The first-order valence-corrected chi connectivity index (χ1v) is 6.97. The van der Waals surface area contributed by atoms with Crippen LogP contribution in [0.2, 0.25) is 0 Å². The average molecular weight is 342 g/mol. The van der Waals surface area contributed by atoms with Gasteiger partial charge in [-0.1, -0.05) is 34.1 Å². The van der Waals surface area contributed by atoms with Crippen molar-refractivity contribution >= 4 is 33.2 Å². The number of rotatable bonds is 4. The first-order chi connectivity index (χ1) is 10.2. The highest BCUT2D eigenvalue weighted by atomic mass is 79.9. The van der Waals surface area contributed by atoms with Crippen molar-refractivity contribution in [2.75, 3.05) is 10.6 Å². The Morgan fingerprint density at radius 2 is 1.71 bits per heavy atom. The molecule has 104 valence electrons. The fraction of sp³-hybridized carbons (Fsp3) is 0. The van der Waals surface area contributed by atoms with Gasteiger partial charge < -0.3 is 10.6 Å². The van der Waals surface area contributed by atoms with Crippen molar-refractivity contribution in [3.05, 3.63) is 70.8 Å². The summed E-state index contributed by atoms with van der Waals surface area (Å²) in [6, 6.07) is 18.3. The Kier molecular flexibility index (Phi) is 5.13. The summed E-state index contributed by atoms with van der Waals surface area (Å²) >= 11 is 3.34. The highest BCUT2D eigenvalue weighted by molar-refractivity contribution is 9.10. The summed E-state index contributed by atoms with van der Waals surface area (Å²) in [6.07, 6.45) is 1.39. The van der Waals surface area contributed by atoms with E-state index >= 15 is 0 Å². The zero-order valence-corrected chi connectivity index (χ0v) is 12.6. The van der Waals surface area contributed by atoms with E-state index in [-0.39, 0.29) is 5.57 Å². The molecule has 0 radical (unpaired) electrons. The van der Waals surface area contributed by atoms with Crippen molar-refractivity contribution in [1.82, 2.24) is 0 Å². The van der Waals surface area contributed by atoms with Crippen molar-refractivity contribution < 1.29 is 4.79 Å². The Balaban J connectivity index is 2.05. The molecule has 0 bridgehead atoms. The van der Waals surface area contributed by atoms with E-state index in [1.165, 1.54) is 6.20 Å². The number of nitrogens with one attached hydrogen (secondary N) is 2. The van der Waals surface area contributed by atoms with E-state index in [0.717, 1.165) is 10.2 Å². The minimum absolute atomic E-state index is 0.00164. The van der Waals surface area contributed by atoms with Gasteiger partial charge in [-0.15, -0.1) is 0 Å². The number of benzene rings is 2. The van der Waals surface area contributed by atoms with Crippen molar-refractivity contribution in [3.63, 3.8) is 0 Å². The molecule has 1 amide bonds. The van der Waals surface area contributed by atoms with Gasteiger partial charge in [0, 0.05) is 22.0 Å². The number of halogens is 1. The van der Waals surface area contributed by atoms with Crippen molar-refractivity contribution in [1.29, 1.82) is 5.26 Å². The van der Waals surface area contributed by atoms with Crippen LogP contribution >= 0.6 is 15.9 Å². The molecule has 0 saturated heterocycles. The number of nitrogens with zero attached hydrogens (tertiary/aromatic N) is 1. The largest absolute Gasteiger partial charge is 0.360 e. The number of para-hydroxylation sites is 1. The molecule has 0 unspecified atom stereocenters. The van der Waals surface area contributed by atoms with E-state index in [1.807, 2.05) is 48.5 Å². The predicted octanol–water partition coefficient (Wildman–Crippen LogP) is 3.91. The molecule has 4 nitrogen and oxygen atoms in total. The van der Waals surface area contributed by atoms with Crippen molar-refractivity contribution in [2.24, 2.45) is 0 Å². The molecule has 21 heavy (non-hydrogen) atoms. The van der Waals surface area contributed by atoms with Gasteiger partial charge in [0.1, 0.15) is 11.6 Å². The molecule has 5 heteroatoms. The Hall–Kier alpha value is -2.58. The second-order valence-electron chi connectivity index (χ2n) is 4.14. The fourth-order valence-electron chi connectivity index (χ4n) is 1.57. The topological polar surface area (TPSA) is 64.9 Å². The van der Waals surface area contributed by atoms with E-state index in [9.17, 15) is 4.79 Å². The molecule has 2 N–H and O–H groups in total. The molecule has 0 aliphatic heterocycles. The number of hydrogen-bond donors (Lipinski definition) is 2. The second kappa shape index (κ2) is 7.27. The number of anilines is 2. The maximum Gasteiger partial charge on any atom is 0.267 e. The van der Waals surface area contributed by atoms with Crippen LogP contribution in [0.3, 0.4) is 0 Å². The quantitative estimate of drug-likeness (QED) is 0.654.